The molecule has 0 spiro atoms. The first-order valence-corrected chi connectivity index (χ1v) is 5.59. The third-order valence-corrected chi connectivity index (χ3v) is 3.12. The van der Waals surface area contributed by atoms with Crippen LogP contribution < -0.4 is 11.5 Å². The fourth-order valence-corrected chi connectivity index (χ4v) is 2.05. The molecular formula is C12H14FN3O2. The topological polar surface area (TPSA) is 89.4 Å². The molecular weight excluding hydrogens is 237 g/mol. The highest BCUT2D eigenvalue weighted by molar-refractivity contribution is 5.88. The molecule has 2 amide bonds. The lowest BCUT2D eigenvalue weighted by Gasteiger charge is -2.17. The zero-order valence-electron chi connectivity index (χ0n) is 9.73. The molecule has 1 saturated heterocycles. The molecule has 1 aromatic rings. The van der Waals surface area contributed by atoms with E-state index in [2.05, 4.69) is 0 Å². The van der Waals surface area contributed by atoms with Gasteiger partial charge in [0.05, 0.1) is 12.5 Å². The van der Waals surface area contributed by atoms with Crippen molar-refractivity contribution in [2.24, 2.45) is 11.7 Å². The average Bonchev–Trinajstić information content (AvgIpc) is 2.66. The molecule has 4 N–H and O–H groups in total. The van der Waals surface area contributed by atoms with E-state index in [9.17, 15) is 14.0 Å². The molecule has 96 valence electrons. The summed E-state index contributed by atoms with van der Waals surface area (Å²) in [6.07, 6.45) is 0.0870. The second-order valence-corrected chi connectivity index (χ2v) is 4.39. The van der Waals surface area contributed by atoms with Gasteiger partial charge in [0.2, 0.25) is 11.8 Å². The Morgan fingerprint density at radius 1 is 1.50 bits per heavy atom. The number of primary amides is 1. The van der Waals surface area contributed by atoms with Crippen molar-refractivity contribution in [1.82, 2.24) is 4.90 Å². The van der Waals surface area contributed by atoms with Crippen molar-refractivity contribution in [3.63, 3.8) is 0 Å². The molecule has 0 aliphatic carbocycles. The number of carbonyl (C=O) groups is 2. The number of carbonyl (C=O) groups excluding carboxylic acids is 2. The molecule has 6 heteroatoms. The number of nitrogen functional groups attached to an aromatic ring is 1. The van der Waals surface area contributed by atoms with E-state index in [1.165, 1.54) is 17.0 Å². The van der Waals surface area contributed by atoms with Gasteiger partial charge in [0.25, 0.3) is 0 Å². The first-order chi connectivity index (χ1) is 8.49. The van der Waals surface area contributed by atoms with Crippen LogP contribution in [0.15, 0.2) is 18.2 Å². The van der Waals surface area contributed by atoms with E-state index < -0.39 is 17.6 Å². The average molecular weight is 251 g/mol. The maximum absolute atomic E-state index is 13.6. The van der Waals surface area contributed by atoms with Crippen LogP contribution in [0.4, 0.5) is 10.1 Å². The monoisotopic (exact) mass is 251 g/mol. The Morgan fingerprint density at radius 3 is 2.78 bits per heavy atom. The fraction of sp³-hybridized carbons (Fsp3) is 0.333. The fourth-order valence-electron chi connectivity index (χ4n) is 2.05. The normalized spacial score (nSPS) is 19.3. The first-order valence-electron chi connectivity index (χ1n) is 5.59. The van der Waals surface area contributed by atoms with Gasteiger partial charge in [0.15, 0.2) is 0 Å². The standard InChI is InChI=1S/C12H14FN3O2/c13-9-2-1-3-10(14)8(9)6-16-5-7(12(15)18)4-11(16)17/h1-3,7H,4-6,14H2,(H2,15,18). The van der Waals surface area contributed by atoms with Crippen molar-refractivity contribution in [3.05, 3.63) is 29.6 Å². The van der Waals surface area contributed by atoms with Crippen molar-refractivity contribution in [2.45, 2.75) is 13.0 Å². The maximum Gasteiger partial charge on any atom is 0.223 e. The van der Waals surface area contributed by atoms with E-state index in [4.69, 9.17) is 11.5 Å². The molecule has 0 aromatic heterocycles. The Hall–Kier alpha value is -2.11. The number of nitrogens with zero attached hydrogens (tertiary/aromatic N) is 1. The van der Waals surface area contributed by atoms with Crippen LogP contribution in [0.3, 0.4) is 0 Å². The molecule has 18 heavy (non-hydrogen) atoms. The van der Waals surface area contributed by atoms with Crippen molar-refractivity contribution in [3.8, 4) is 0 Å². The summed E-state index contributed by atoms with van der Waals surface area (Å²) in [5, 5.41) is 0. The van der Waals surface area contributed by atoms with Crippen molar-refractivity contribution < 1.29 is 14.0 Å². The molecule has 0 bridgehead atoms. The summed E-state index contributed by atoms with van der Waals surface area (Å²) >= 11 is 0. The van der Waals surface area contributed by atoms with Crippen molar-refractivity contribution in [2.75, 3.05) is 12.3 Å². The zero-order valence-corrected chi connectivity index (χ0v) is 9.73. The highest BCUT2D eigenvalue weighted by Gasteiger charge is 2.33. The molecule has 2 rings (SSSR count). The molecule has 1 aliphatic rings. The number of rotatable bonds is 3. The molecule has 1 heterocycles. The number of hydrogen-bond donors (Lipinski definition) is 2. The molecule has 1 unspecified atom stereocenters. The molecule has 0 saturated carbocycles. The van der Waals surface area contributed by atoms with Gasteiger partial charge in [-0.1, -0.05) is 6.07 Å². The van der Waals surface area contributed by atoms with Gasteiger partial charge in [-0.25, -0.2) is 4.39 Å². The minimum atomic E-state index is -0.507. The largest absolute Gasteiger partial charge is 0.398 e. The van der Waals surface area contributed by atoms with Crippen LogP contribution in [0.5, 0.6) is 0 Å². The molecule has 1 fully saturated rings. The van der Waals surface area contributed by atoms with Crippen LogP contribution >= 0.6 is 0 Å². The van der Waals surface area contributed by atoms with E-state index in [1.54, 1.807) is 6.07 Å². The minimum Gasteiger partial charge on any atom is -0.398 e. The molecule has 1 atom stereocenters. The van der Waals surface area contributed by atoms with Gasteiger partial charge in [0.1, 0.15) is 5.82 Å². The summed E-state index contributed by atoms with van der Waals surface area (Å²) in [6, 6.07) is 4.37. The summed E-state index contributed by atoms with van der Waals surface area (Å²) in [7, 11) is 0. The second kappa shape index (κ2) is 4.64. The number of halogens is 1. The quantitative estimate of drug-likeness (QED) is 0.754. The van der Waals surface area contributed by atoms with Gasteiger partial charge >= 0.3 is 0 Å². The SMILES string of the molecule is NC(=O)C1CC(=O)N(Cc2c(N)cccc2F)C1. The van der Waals surface area contributed by atoms with E-state index in [0.29, 0.717) is 5.69 Å². The Kier molecular flexibility index (Phi) is 3.18. The van der Waals surface area contributed by atoms with E-state index in [0.717, 1.165) is 0 Å². The van der Waals surface area contributed by atoms with Crippen LogP contribution in [-0.2, 0) is 16.1 Å². The maximum atomic E-state index is 13.6. The van der Waals surface area contributed by atoms with Gasteiger partial charge < -0.3 is 16.4 Å². The zero-order chi connectivity index (χ0) is 13.3. The molecule has 1 aromatic carbocycles. The number of likely N-dealkylation sites (tertiary alicyclic amines) is 1. The van der Waals surface area contributed by atoms with Gasteiger partial charge in [-0.3, -0.25) is 9.59 Å². The third-order valence-electron chi connectivity index (χ3n) is 3.12. The van der Waals surface area contributed by atoms with Crippen LogP contribution in [0.1, 0.15) is 12.0 Å². The first kappa shape index (κ1) is 12.3. The summed E-state index contributed by atoms with van der Waals surface area (Å²) in [5.41, 5.74) is 11.4. The highest BCUT2D eigenvalue weighted by atomic mass is 19.1. The molecule has 5 nitrogen and oxygen atoms in total. The minimum absolute atomic E-state index is 0.0706. The Balaban J connectivity index is 2.15. The van der Waals surface area contributed by atoms with E-state index in [1.807, 2.05) is 0 Å². The van der Waals surface area contributed by atoms with Gasteiger partial charge in [0, 0.05) is 24.2 Å². The van der Waals surface area contributed by atoms with E-state index >= 15 is 0 Å². The third kappa shape index (κ3) is 2.27. The van der Waals surface area contributed by atoms with Crippen LogP contribution in [-0.4, -0.2) is 23.3 Å². The lowest BCUT2D eigenvalue weighted by molar-refractivity contribution is -0.128. The number of anilines is 1. The summed E-state index contributed by atoms with van der Waals surface area (Å²) < 4.78 is 13.6. The Morgan fingerprint density at radius 2 is 2.22 bits per heavy atom. The summed E-state index contributed by atoms with van der Waals surface area (Å²) in [4.78, 5) is 24.1. The Bertz CT molecular complexity index is 484. The van der Waals surface area contributed by atoms with Crippen LogP contribution in [0.2, 0.25) is 0 Å². The van der Waals surface area contributed by atoms with Gasteiger partial charge in [-0.2, -0.15) is 0 Å². The van der Waals surface area contributed by atoms with Crippen molar-refractivity contribution >= 4 is 17.5 Å². The van der Waals surface area contributed by atoms with Crippen LogP contribution in [0, 0.1) is 11.7 Å². The highest BCUT2D eigenvalue weighted by Crippen LogP contribution is 2.23. The lowest BCUT2D eigenvalue weighted by atomic mass is 10.1. The van der Waals surface area contributed by atoms with Crippen molar-refractivity contribution in [1.29, 1.82) is 0 Å². The summed E-state index contributed by atoms with van der Waals surface area (Å²) in [6.45, 7) is 0.295. The number of hydrogen-bond acceptors (Lipinski definition) is 3. The van der Waals surface area contributed by atoms with E-state index in [-0.39, 0.29) is 31.0 Å². The number of nitrogens with two attached hydrogens (primary N) is 2. The lowest BCUT2D eigenvalue weighted by Crippen LogP contribution is -2.28. The predicted octanol–water partition coefficient (Wildman–Crippen LogP) is 0.242. The molecule has 0 radical (unpaired) electrons. The van der Waals surface area contributed by atoms with Crippen LogP contribution in [0.25, 0.3) is 0 Å². The molecule has 1 aliphatic heterocycles. The predicted molar refractivity (Wildman–Crippen MR) is 63.5 cm³/mol. The summed E-state index contributed by atoms with van der Waals surface area (Å²) in [5.74, 6) is -1.66. The smallest absolute Gasteiger partial charge is 0.223 e. The Labute approximate surface area is 104 Å². The second-order valence-electron chi connectivity index (χ2n) is 4.39. The number of benzene rings is 1. The number of amides is 2. The van der Waals surface area contributed by atoms with Gasteiger partial charge in [-0.15, -0.1) is 0 Å². The van der Waals surface area contributed by atoms with Gasteiger partial charge in [-0.05, 0) is 12.1 Å².